The number of H-pyrrole nitrogens is 3. The van der Waals surface area contributed by atoms with E-state index >= 15 is 33.6 Å². The predicted octanol–water partition coefficient (Wildman–Crippen LogP) is -2.02. The minimum Gasteiger partial charge on any atom is -0.481 e. The van der Waals surface area contributed by atoms with Crippen molar-refractivity contribution in [2.24, 2.45) is 23.1 Å². The molecule has 5 aliphatic rings. The third-order valence-electron chi connectivity index (χ3n) is 25.7. The van der Waals surface area contributed by atoms with Crippen molar-refractivity contribution in [3.63, 3.8) is 0 Å². The fourth-order valence-corrected chi connectivity index (χ4v) is 21.3. The monoisotopic (exact) mass is 2060 g/mol. The lowest BCUT2D eigenvalue weighted by atomic mass is 10.0. The number of hydrogen-bond acceptors (Lipinski definition) is 25. The van der Waals surface area contributed by atoms with Gasteiger partial charge in [0.2, 0.25) is 106 Å². The van der Waals surface area contributed by atoms with Crippen LogP contribution in [0.1, 0.15) is 139 Å². The number of aliphatic hydroxyl groups excluding tert-OH is 1. The van der Waals surface area contributed by atoms with Crippen LogP contribution in [0, 0.1) is 5.92 Å². The van der Waals surface area contributed by atoms with E-state index in [1.807, 2.05) is 0 Å². The van der Waals surface area contributed by atoms with Gasteiger partial charge in [0.05, 0.1) is 31.4 Å². The predicted molar refractivity (Wildman–Crippen MR) is 534 cm³/mol. The molecule has 0 spiro atoms. The molecule has 145 heavy (non-hydrogen) atoms. The number of primary amides is 2. The Bertz CT molecular complexity index is 6050. The number of carboxylic acid groups (broad SMARTS) is 2. The quantitative estimate of drug-likeness (QED) is 0.0392. The van der Waals surface area contributed by atoms with Crippen LogP contribution in [-0.4, -0.2) is 309 Å². The van der Waals surface area contributed by atoms with Crippen LogP contribution >= 0.6 is 35.3 Å². The van der Waals surface area contributed by atoms with E-state index < -0.39 is 253 Å². The van der Waals surface area contributed by atoms with Crippen LogP contribution in [0.15, 0.2) is 110 Å². The topological polar surface area (TPSA) is 694 Å². The van der Waals surface area contributed by atoms with Gasteiger partial charge in [0.1, 0.15) is 96.7 Å². The molecule has 8 heterocycles. The van der Waals surface area contributed by atoms with Crippen LogP contribution in [0.2, 0.25) is 0 Å². The highest BCUT2D eigenvalue weighted by Gasteiger charge is 2.47. The third-order valence-corrected chi connectivity index (χ3v) is 29.0. The number of nitrogens with zero attached hydrogens (tertiary/aromatic N) is 3. The Morgan fingerprint density at radius 3 is 1.28 bits per heavy atom. The van der Waals surface area contributed by atoms with E-state index in [4.69, 9.17) is 17.2 Å². The van der Waals surface area contributed by atoms with E-state index in [0.717, 1.165) is 47.1 Å². The zero-order valence-electron chi connectivity index (χ0n) is 80.7. The maximum atomic E-state index is 16.3. The minimum absolute atomic E-state index is 0.0117. The van der Waals surface area contributed by atoms with Crippen molar-refractivity contribution < 1.29 is 111 Å². The summed E-state index contributed by atoms with van der Waals surface area (Å²) in [5.41, 5.74) is 22.3. The van der Waals surface area contributed by atoms with Gasteiger partial charge in [-0.3, -0.25) is 95.9 Å². The zero-order chi connectivity index (χ0) is 105. The van der Waals surface area contributed by atoms with Crippen molar-refractivity contribution in [2.45, 2.75) is 251 Å². The molecular weight excluding hydrogens is 1940 g/mol. The number of hydrogen-bond donors (Lipinski definition) is 22. The number of aliphatic carboxylic acids is 2. The first kappa shape index (κ1) is 110. The van der Waals surface area contributed by atoms with E-state index in [1.54, 1.807) is 117 Å². The normalized spacial score (nSPS) is 25.5. The molecule has 3 aromatic heterocycles. The van der Waals surface area contributed by atoms with E-state index in [-0.39, 0.29) is 118 Å². The lowest BCUT2D eigenvalue weighted by Gasteiger charge is -2.32. The minimum atomic E-state index is -2.04. The third kappa shape index (κ3) is 29.2. The smallest absolute Gasteiger partial charge is 0.325 e. The average Bonchev–Trinajstić information content (AvgIpc) is 1.69. The van der Waals surface area contributed by atoms with Crippen LogP contribution in [0.5, 0.6) is 0 Å². The molecule has 18 amide bonds. The Balaban J connectivity index is 0.977. The van der Waals surface area contributed by atoms with Gasteiger partial charge < -0.3 is 131 Å². The highest BCUT2D eigenvalue weighted by Crippen LogP contribution is 2.31. The summed E-state index contributed by atoms with van der Waals surface area (Å²) in [4.78, 5) is 306. The summed E-state index contributed by atoms with van der Waals surface area (Å²) in [6, 6.07) is -1.70. The van der Waals surface area contributed by atoms with Gasteiger partial charge in [-0.15, -0.1) is 0 Å². The number of carbonyl (C=O) groups is 20. The van der Waals surface area contributed by atoms with Gasteiger partial charge in [0.15, 0.2) is 0 Å². The molecule has 778 valence electrons. The molecule has 45 nitrogen and oxygen atoms in total. The second kappa shape index (κ2) is 50.4. The molecule has 48 heteroatoms. The van der Waals surface area contributed by atoms with Crippen LogP contribution in [0.25, 0.3) is 32.7 Å². The highest BCUT2D eigenvalue weighted by molar-refractivity contribution is 7.99. The first-order chi connectivity index (χ1) is 69.1. The maximum Gasteiger partial charge on any atom is 0.325 e. The first-order valence-corrected chi connectivity index (χ1v) is 51.3. The summed E-state index contributed by atoms with van der Waals surface area (Å²) in [6.07, 6.45) is -0.747. The van der Waals surface area contributed by atoms with Crippen molar-refractivity contribution in [1.82, 2.24) is 98.8 Å². The Morgan fingerprint density at radius 1 is 0.434 bits per heavy atom. The molecule has 3 fully saturated rings. The number of rotatable bonds is 20. The van der Waals surface area contributed by atoms with Crippen LogP contribution in [0.4, 0.5) is 0 Å². The number of para-hydroxylation sites is 3. The van der Waals surface area contributed by atoms with Gasteiger partial charge in [-0.25, -0.2) is 0 Å². The first-order valence-electron chi connectivity index (χ1n) is 47.9. The molecule has 7 aromatic rings. The SMILES string of the molecule is CC(C)C[C@@H]1NC(=O)[C@@H]2CCCN2C(=O)[C@H](C)NC(=O)[C@H](CC(=O)O)NC(=O)[C@H](Cc2c[nH]c3ccccc23)NC(=O)[C@@H]2CCCN2C(=O)[C@@H]2CSCc3cc(cc(c3)CSC[C@@H](C(=O)N[C@@H](C)C(=O)O)NC1=O)CSC[C@H](NC(=O)[C@H](C)N)C(=O)N[C@@H](CC(N)=O)C(=O)N[C@@H]([C@@H](C)O)C(=O)N[C@@H](Cc1c[nH]c3ccccc13)C(=O)N[C@@H](CC(N)=O)C(=O)N1CCC[C@H]1C(=O)N[C@@H](Cc1c[nH]c3ccccc13)C(=O)N2. The average molecular weight is 2060 g/mol. The number of carbonyl (C=O) groups excluding carboxylic acids is 18. The van der Waals surface area contributed by atoms with Gasteiger partial charge in [-0.1, -0.05) is 86.6 Å². The molecule has 18 atom stereocenters. The van der Waals surface area contributed by atoms with Gasteiger partial charge in [0.25, 0.3) is 0 Å². The molecule has 4 bridgehead atoms. The van der Waals surface area contributed by atoms with E-state index in [1.165, 1.54) is 36.8 Å². The number of benzene rings is 4. The molecule has 4 aromatic carbocycles. The number of amides is 18. The van der Waals surface area contributed by atoms with Crippen molar-refractivity contribution in [3.05, 3.63) is 143 Å². The number of aromatic nitrogens is 3. The van der Waals surface area contributed by atoms with Crippen molar-refractivity contribution >= 4 is 186 Å². The molecule has 25 N–H and O–H groups in total. The lowest BCUT2D eigenvalue weighted by Crippen LogP contribution is -2.62. The van der Waals surface area contributed by atoms with E-state index in [2.05, 4.69) is 84.1 Å². The largest absolute Gasteiger partial charge is 0.481 e. The van der Waals surface area contributed by atoms with Crippen LogP contribution in [-0.2, 0) is 132 Å². The van der Waals surface area contributed by atoms with Gasteiger partial charge in [-0.2, -0.15) is 35.3 Å². The van der Waals surface area contributed by atoms with E-state index in [0.29, 0.717) is 66.1 Å². The number of aromatic amines is 3. The molecular formula is C97H124N22O23S3. The zero-order valence-corrected chi connectivity index (χ0v) is 83.2. The summed E-state index contributed by atoms with van der Waals surface area (Å²) < 4.78 is 0. The van der Waals surface area contributed by atoms with Crippen molar-refractivity contribution in [3.8, 4) is 0 Å². The summed E-state index contributed by atoms with van der Waals surface area (Å²) in [7, 11) is 0. The molecule has 3 saturated heterocycles. The Hall–Kier alpha value is -14.1. The molecule has 12 rings (SSSR count). The molecule has 0 aliphatic carbocycles. The molecule has 0 unspecified atom stereocenters. The summed E-state index contributed by atoms with van der Waals surface area (Å²) in [5, 5.41) is 67.5. The number of thioether (sulfide) groups is 3. The molecule has 0 saturated carbocycles. The number of carboxylic acids is 2. The molecule has 5 aliphatic heterocycles. The van der Waals surface area contributed by atoms with Crippen molar-refractivity contribution in [2.75, 3.05) is 36.9 Å². The van der Waals surface area contributed by atoms with Gasteiger partial charge in [-0.05, 0) is 130 Å². The molecule has 0 radical (unpaired) electrons. The van der Waals surface area contributed by atoms with Crippen molar-refractivity contribution in [1.29, 1.82) is 0 Å². The summed E-state index contributed by atoms with van der Waals surface area (Å²) in [6.45, 7) is 7.99. The van der Waals surface area contributed by atoms with Gasteiger partial charge >= 0.3 is 11.9 Å². The van der Waals surface area contributed by atoms with E-state index in [9.17, 15) is 77.6 Å². The second-order valence-corrected chi connectivity index (χ2v) is 40.5. The maximum absolute atomic E-state index is 16.3. The summed E-state index contributed by atoms with van der Waals surface area (Å²) >= 11 is 3.21. The van der Waals surface area contributed by atoms with Crippen LogP contribution in [0.3, 0.4) is 0 Å². The number of nitrogens with two attached hydrogens (primary N) is 3. The Kier molecular flexibility index (Phi) is 38.1. The van der Waals surface area contributed by atoms with Crippen LogP contribution < -0.4 is 86.3 Å². The number of aliphatic hydroxyl groups is 1. The highest BCUT2D eigenvalue weighted by atomic mass is 32.2. The number of nitrogens with one attached hydrogen (secondary N) is 16. The summed E-state index contributed by atoms with van der Waals surface area (Å²) in [5.74, 6) is -22.9. The standard InChI is InChI=1S/C97H124N22O23S3/c1-47(2)28-64-83(127)114-71(88(132)105-50(5)97(141)142)44-143-41-52-29-53-31-54(30-52)43-145-46-73(96(140)119-27-15-24-76(119)92(136)109-65(32-55-38-101-61-19-10-7-16-58(55)61)84(128)107-69(37-79(123)124)82(126)104-49(4)94(138)117-25-13-22-74(117)90(134)108-64)115-86(130)66(33-56-39-102-62-20-11-8-17-59(56)62)110-91(135)75-23-14-26-118(75)95(139)70(36-78(100)122)112-85(129)67(34-57-40-103-63-21-12-9-18-60(57)63)111-93(137)80(51(6)120)116-87(131)68(35-77(99)121)106-89(133)72(45-144-42-53)113-81(125)48(3)98/h7-12,16-21,29-31,38-40,47-51,64-76,80,101-103,120H,13-15,22-28,32-37,41-46,98H2,1-6H3,(H2,99,121)(H2,100,122)(H,104,126)(H,105,132)(H,106,133)(H,107,128)(H,108,134)(H,109,136)(H,110,135)(H,111,137)(H,112,129)(H,113,125)(H,114,127)(H,115,130)(H,116,131)(H,123,124)(H,141,142)/t48-,49-,50-,51+,64-,65-,66-,67-,68-,69-,70-,71-,72-,73-,74-,75-,76-,80-/m0/s1. The van der Waals surface area contributed by atoms with Gasteiger partial charge in [0, 0.05) is 125 Å². The number of fused-ring (bicyclic) bond motifs is 11. The lowest BCUT2D eigenvalue weighted by molar-refractivity contribution is -0.144. The Labute approximate surface area is 845 Å². The fourth-order valence-electron chi connectivity index (χ4n) is 18.3. The fraction of sp³-hybridized carbons (Fsp3) is 0.485. The second-order valence-electron chi connectivity index (χ2n) is 37.5. The Morgan fingerprint density at radius 2 is 0.821 bits per heavy atom.